The van der Waals surface area contributed by atoms with E-state index in [2.05, 4.69) is 44.8 Å². The number of hydrogen-bond donors (Lipinski definition) is 1. The van der Waals surface area contributed by atoms with Gasteiger partial charge in [0.05, 0.1) is 0 Å². The second kappa shape index (κ2) is 5.19. The lowest BCUT2D eigenvalue weighted by Crippen LogP contribution is -2.08. The Hall–Kier alpha value is -1.00. The standard InChI is InChI=1S/C14H20O/c1-12-6-4-5-7-13(15)9-11-14(2,3)10-8-12/h8-9,11,13,15H,4,6,10H2,1-3H3/b11-9+,12-8-. The molecule has 1 aliphatic carbocycles. The average molecular weight is 204 g/mol. The first kappa shape index (κ1) is 12.1. The molecule has 0 aromatic heterocycles. The van der Waals surface area contributed by atoms with Crippen molar-refractivity contribution in [1.29, 1.82) is 0 Å². The molecule has 1 nitrogen and oxygen atoms in total. The van der Waals surface area contributed by atoms with E-state index in [1.54, 1.807) is 6.08 Å². The van der Waals surface area contributed by atoms with Crippen LogP contribution < -0.4 is 0 Å². The predicted molar refractivity (Wildman–Crippen MR) is 64.3 cm³/mol. The van der Waals surface area contributed by atoms with Crippen LogP contribution in [-0.2, 0) is 0 Å². The SMILES string of the molecule is C/C1=C/CC(C)(C)/C=C/C(O)C#CCC1. The number of hydrogen-bond acceptors (Lipinski definition) is 1. The molecule has 1 atom stereocenters. The first-order valence-electron chi connectivity index (χ1n) is 5.51. The third kappa shape index (κ3) is 4.85. The maximum Gasteiger partial charge on any atom is 0.133 e. The van der Waals surface area contributed by atoms with Crippen molar-refractivity contribution in [2.45, 2.75) is 46.1 Å². The van der Waals surface area contributed by atoms with Gasteiger partial charge in [-0.25, -0.2) is 0 Å². The van der Waals surface area contributed by atoms with E-state index in [0.717, 1.165) is 19.3 Å². The van der Waals surface area contributed by atoms with Crippen LogP contribution in [0.4, 0.5) is 0 Å². The molecule has 0 spiro atoms. The van der Waals surface area contributed by atoms with Gasteiger partial charge in [0.25, 0.3) is 0 Å². The molecule has 15 heavy (non-hydrogen) atoms. The van der Waals surface area contributed by atoms with Crippen molar-refractivity contribution >= 4 is 0 Å². The van der Waals surface area contributed by atoms with E-state index in [1.165, 1.54) is 5.57 Å². The van der Waals surface area contributed by atoms with E-state index in [0.29, 0.717) is 0 Å². The van der Waals surface area contributed by atoms with Crippen LogP contribution in [0.5, 0.6) is 0 Å². The van der Waals surface area contributed by atoms with Gasteiger partial charge in [0.2, 0.25) is 0 Å². The minimum atomic E-state index is -0.609. The molecule has 0 fully saturated rings. The minimum Gasteiger partial charge on any atom is -0.377 e. The Morgan fingerprint density at radius 1 is 1.47 bits per heavy atom. The van der Waals surface area contributed by atoms with Crippen molar-refractivity contribution in [3.63, 3.8) is 0 Å². The molecule has 1 N–H and O–H groups in total. The van der Waals surface area contributed by atoms with Crippen molar-refractivity contribution in [1.82, 2.24) is 0 Å². The molecule has 0 aromatic rings. The Morgan fingerprint density at radius 2 is 2.20 bits per heavy atom. The Bertz CT molecular complexity index is 323. The maximum atomic E-state index is 9.54. The van der Waals surface area contributed by atoms with Gasteiger partial charge in [0, 0.05) is 6.42 Å². The van der Waals surface area contributed by atoms with Crippen LogP contribution in [0.25, 0.3) is 0 Å². The molecule has 0 bridgehead atoms. The summed E-state index contributed by atoms with van der Waals surface area (Å²) < 4.78 is 0. The van der Waals surface area contributed by atoms with Crippen molar-refractivity contribution in [3.8, 4) is 11.8 Å². The molecule has 0 aliphatic heterocycles. The molecular weight excluding hydrogens is 184 g/mol. The zero-order chi connectivity index (χ0) is 11.3. The zero-order valence-corrected chi connectivity index (χ0v) is 9.88. The number of aliphatic hydroxyl groups excluding tert-OH is 1. The summed E-state index contributed by atoms with van der Waals surface area (Å²) in [4.78, 5) is 0. The van der Waals surface area contributed by atoms with Crippen LogP contribution in [0.2, 0.25) is 0 Å². The summed E-state index contributed by atoms with van der Waals surface area (Å²) in [6.45, 7) is 6.49. The molecule has 0 heterocycles. The molecule has 1 unspecified atom stereocenters. The van der Waals surface area contributed by atoms with Crippen molar-refractivity contribution in [2.75, 3.05) is 0 Å². The molecule has 0 radical (unpaired) electrons. The lowest BCUT2D eigenvalue weighted by molar-refractivity contribution is 0.278. The van der Waals surface area contributed by atoms with E-state index in [4.69, 9.17) is 0 Å². The van der Waals surface area contributed by atoms with Gasteiger partial charge in [0.15, 0.2) is 0 Å². The lowest BCUT2D eigenvalue weighted by Gasteiger charge is -2.18. The van der Waals surface area contributed by atoms with E-state index in [1.807, 2.05) is 0 Å². The van der Waals surface area contributed by atoms with Gasteiger partial charge in [-0.1, -0.05) is 43.4 Å². The van der Waals surface area contributed by atoms with Crippen LogP contribution >= 0.6 is 0 Å². The highest BCUT2D eigenvalue weighted by molar-refractivity contribution is 5.17. The third-order valence-corrected chi connectivity index (χ3v) is 2.60. The van der Waals surface area contributed by atoms with Crippen molar-refractivity contribution in [2.24, 2.45) is 5.41 Å². The van der Waals surface area contributed by atoms with Gasteiger partial charge in [0.1, 0.15) is 6.10 Å². The van der Waals surface area contributed by atoms with Gasteiger partial charge in [-0.05, 0) is 31.3 Å². The Morgan fingerprint density at radius 3 is 2.93 bits per heavy atom. The topological polar surface area (TPSA) is 20.2 Å². The van der Waals surface area contributed by atoms with Crippen molar-refractivity contribution < 1.29 is 5.11 Å². The predicted octanol–water partition coefficient (Wildman–Crippen LogP) is 3.06. The molecule has 1 rings (SSSR count). The van der Waals surface area contributed by atoms with Crippen molar-refractivity contribution in [3.05, 3.63) is 23.8 Å². The highest BCUT2D eigenvalue weighted by Gasteiger charge is 2.12. The Kier molecular flexibility index (Phi) is 4.17. The van der Waals surface area contributed by atoms with Gasteiger partial charge in [-0.15, -0.1) is 0 Å². The van der Waals surface area contributed by atoms with Crippen LogP contribution in [0, 0.1) is 17.3 Å². The minimum absolute atomic E-state index is 0.105. The summed E-state index contributed by atoms with van der Waals surface area (Å²) in [5, 5.41) is 9.54. The summed E-state index contributed by atoms with van der Waals surface area (Å²) in [6.07, 6.45) is 8.39. The molecule has 0 saturated heterocycles. The van der Waals surface area contributed by atoms with Gasteiger partial charge < -0.3 is 5.11 Å². The number of allylic oxidation sites excluding steroid dienone is 3. The second-order valence-electron chi connectivity index (χ2n) is 4.87. The largest absolute Gasteiger partial charge is 0.377 e. The summed E-state index contributed by atoms with van der Waals surface area (Å²) in [6, 6.07) is 0. The molecule has 1 heteroatoms. The first-order chi connectivity index (χ1) is 6.99. The van der Waals surface area contributed by atoms with E-state index in [-0.39, 0.29) is 5.41 Å². The zero-order valence-electron chi connectivity index (χ0n) is 9.88. The van der Waals surface area contributed by atoms with Crippen LogP contribution in [0.3, 0.4) is 0 Å². The van der Waals surface area contributed by atoms with E-state index >= 15 is 0 Å². The Labute approximate surface area is 92.9 Å². The third-order valence-electron chi connectivity index (χ3n) is 2.60. The highest BCUT2D eigenvalue weighted by Crippen LogP contribution is 2.24. The van der Waals surface area contributed by atoms with Gasteiger partial charge in [-0.2, -0.15) is 0 Å². The fourth-order valence-corrected chi connectivity index (χ4v) is 1.44. The normalized spacial score (nSPS) is 31.5. The first-order valence-corrected chi connectivity index (χ1v) is 5.51. The monoisotopic (exact) mass is 204 g/mol. The van der Waals surface area contributed by atoms with Gasteiger partial charge >= 0.3 is 0 Å². The number of rotatable bonds is 0. The fraction of sp³-hybridized carbons (Fsp3) is 0.571. The van der Waals surface area contributed by atoms with Crippen LogP contribution in [-0.4, -0.2) is 11.2 Å². The molecule has 1 aliphatic rings. The second-order valence-corrected chi connectivity index (χ2v) is 4.87. The lowest BCUT2D eigenvalue weighted by atomic mass is 9.87. The summed E-state index contributed by atoms with van der Waals surface area (Å²) >= 11 is 0. The summed E-state index contributed by atoms with van der Waals surface area (Å²) in [5.74, 6) is 5.83. The highest BCUT2D eigenvalue weighted by atomic mass is 16.3. The summed E-state index contributed by atoms with van der Waals surface area (Å²) in [7, 11) is 0. The van der Waals surface area contributed by atoms with Crippen LogP contribution in [0.15, 0.2) is 23.8 Å². The number of aliphatic hydroxyl groups is 1. The molecular formula is C14H20O. The van der Waals surface area contributed by atoms with Crippen LogP contribution in [0.1, 0.15) is 40.0 Å². The summed E-state index contributed by atoms with van der Waals surface area (Å²) in [5.41, 5.74) is 1.50. The Balaban J connectivity index is 2.84. The molecule has 0 saturated carbocycles. The fourth-order valence-electron chi connectivity index (χ4n) is 1.44. The average Bonchev–Trinajstić information content (AvgIpc) is 2.20. The molecule has 82 valence electrons. The van der Waals surface area contributed by atoms with Gasteiger partial charge in [-0.3, -0.25) is 0 Å². The quantitative estimate of drug-likeness (QED) is 0.475. The maximum absolute atomic E-state index is 9.54. The van der Waals surface area contributed by atoms with E-state index < -0.39 is 6.10 Å². The molecule has 0 amide bonds. The van der Waals surface area contributed by atoms with E-state index in [9.17, 15) is 5.11 Å². The molecule has 0 aromatic carbocycles. The smallest absolute Gasteiger partial charge is 0.133 e.